The van der Waals surface area contributed by atoms with E-state index in [9.17, 15) is 9.59 Å². The van der Waals surface area contributed by atoms with Crippen molar-refractivity contribution in [3.8, 4) is 0 Å². The first-order valence-corrected chi connectivity index (χ1v) is 5.70. The van der Waals surface area contributed by atoms with Gasteiger partial charge in [0.25, 0.3) is 0 Å². The molecule has 0 rings (SSSR count). The summed E-state index contributed by atoms with van der Waals surface area (Å²) in [6.45, 7) is 5.60. The number of aliphatic carboxylic acids is 1. The molecule has 94 valence electrons. The minimum absolute atomic E-state index is 0.300. The number of nitrogens with zero attached hydrogens (tertiary/aromatic N) is 1. The zero-order valence-electron chi connectivity index (χ0n) is 10.3. The standard InChI is InChI=1S/C11H22N2O3/c1-4-5-6-7-13(9(3)11(15)16)10(14)8(2)12/h8-9H,4-7,12H2,1-3H3,(H,15,16)/t8-,9-/m0/s1. The summed E-state index contributed by atoms with van der Waals surface area (Å²) in [6.07, 6.45) is 2.82. The molecule has 0 saturated heterocycles. The van der Waals surface area contributed by atoms with E-state index in [1.807, 2.05) is 0 Å². The zero-order chi connectivity index (χ0) is 12.7. The maximum atomic E-state index is 11.7. The predicted octanol–water partition coefficient (Wildman–Crippen LogP) is 0.825. The first-order chi connectivity index (χ1) is 7.41. The molecule has 0 aromatic rings. The normalized spacial score (nSPS) is 14.2. The molecule has 0 spiro atoms. The molecule has 0 aliphatic heterocycles. The van der Waals surface area contributed by atoms with Gasteiger partial charge in [-0.15, -0.1) is 0 Å². The van der Waals surface area contributed by atoms with E-state index >= 15 is 0 Å². The highest BCUT2D eigenvalue weighted by molar-refractivity contribution is 5.86. The lowest BCUT2D eigenvalue weighted by Gasteiger charge is -2.28. The summed E-state index contributed by atoms with van der Waals surface area (Å²) >= 11 is 0. The van der Waals surface area contributed by atoms with Crippen LogP contribution >= 0.6 is 0 Å². The first-order valence-electron chi connectivity index (χ1n) is 5.70. The molecule has 2 atom stereocenters. The second-order valence-corrected chi connectivity index (χ2v) is 4.04. The number of carboxylic acids is 1. The smallest absolute Gasteiger partial charge is 0.326 e. The molecule has 0 fully saturated rings. The number of carbonyl (C=O) groups excluding carboxylic acids is 1. The Morgan fingerprint density at radius 1 is 1.31 bits per heavy atom. The Morgan fingerprint density at radius 3 is 2.25 bits per heavy atom. The summed E-state index contributed by atoms with van der Waals surface area (Å²) in [6, 6.07) is -1.46. The maximum Gasteiger partial charge on any atom is 0.326 e. The van der Waals surface area contributed by atoms with Gasteiger partial charge in [-0.2, -0.15) is 0 Å². The Hall–Kier alpha value is -1.10. The molecule has 1 amide bonds. The fraction of sp³-hybridized carbons (Fsp3) is 0.818. The number of carbonyl (C=O) groups is 2. The van der Waals surface area contributed by atoms with Gasteiger partial charge in [-0.3, -0.25) is 4.79 Å². The fourth-order valence-electron chi connectivity index (χ4n) is 1.42. The van der Waals surface area contributed by atoms with Crippen LogP contribution in [-0.2, 0) is 9.59 Å². The number of carboxylic acid groups (broad SMARTS) is 1. The number of amides is 1. The summed E-state index contributed by atoms with van der Waals surface area (Å²) in [5.74, 6) is -1.29. The average Bonchev–Trinajstić information content (AvgIpc) is 2.22. The summed E-state index contributed by atoms with van der Waals surface area (Å²) in [5.41, 5.74) is 5.49. The molecule has 0 unspecified atom stereocenters. The van der Waals surface area contributed by atoms with Gasteiger partial charge in [0.15, 0.2) is 0 Å². The van der Waals surface area contributed by atoms with Crippen LogP contribution in [0.15, 0.2) is 0 Å². The van der Waals surface area contributed by atoms with E-state index in [1.54, 1.807) is 6.92 Å². The van der Waals surface area contributed by atoms with E-state index in [0.29, 0.717) is 6.54 Å². The molecule has 0 aliphatic carbocycles. The molecular formula is C11H22N2O3. The van der Waals surface area contributed by atoms with Crippen LogP contribution in [0.1, 0.15) is 40.0 Å². The van der Waals surface area contributed by atoms with Crippen LogP contribution in [0.3, 0.4) is 0 Å². The molecule has 0 aliphatic rings. The van der Waals surface area contributed by atoms with Crippen molar-refractivity contribution in [1.29, 1.82) is 0 Å². The van der Waals surface area contributed by atoms with Crippen molar-refractivity contribution in [3.05, 3.63) is 0 Å². The lowest BCUT2D eigenvalue weighted by molar-refractivity contribution is -0.149. The highest BCUT2D eigenvalue weighted by Gasteiger charge is 2.26. The van der Waals surface area contributed by atoms with Crippen LogP contribution in [0.5, 0.6) is 0 Å². The number of nitrogens with two attached hydrogens (primary N) is 1. The molecule has 5 nitrogen and oxygen atoms in total. The topological polar surface area (TPSA) is 83.6 Å². The van der Waals surface area contributed by atoms with Gasteiger partial charge in [0.1, 0.15) is 6.04 Å². The van der Waals surface area contributed by atoms with Crippen molar-refractivity contribution in [2.75, 3.05) is 6.54 Å². The Balaban J connectivity index is 4.50. The Bertz CT molecular complexity index is 241. The molecule has 3 N–H and O–H groups in total. The van der Waals surface area contributed by atoms with E-state index in [-0.39, 0.29) is 5.91 Å². The Kier molecular flexibility index (Phi) is 6.72. The first kappa shape index (κ1) is 14.9. The molecule has 0 bridgehead atoms. The number of unbranched alkanes of at least 4 members (excludes halogenated alkanes) is 2. The van der Waals surface area contributed by atoms with Crippen LogP contribution in [0.2, 0.25) is 0 Å². The largest absolute Gasteiger partial charge is 0.480 e. The molecule has 0 aromatic heterocycles. The van der Waals surface area contributed by atoms with Crippen molar-refractivity contribution in [2.45, 2.75) is 52.1 Å². The lowest BCUT2D eigenvalue weighted by atomic mass is 10.2. The number of hydrogen-bond acceptors (Lipinski definition) is 3. The van der Waals surface area contributed by atoms with Gasteiger partial charge in [0.2, 0.25) is 5.91 Å². The Labute approximate surface area is 96.6 Å². The van der Waals surface area contributed by atoms with E-state index in [4.69, 9.17) is 10.8 Å². The van der Waals surface area contributed by atoms with Gasteiger partial charge in [0.05, 0.1) is 6.04 Å². The van der Waals surface area contributed by atoms with E-state index in [0.717, 1.165) is 19.3 Å². The van der Waals surface area contributed by atoms with Crippen LogP contribution in [0.25, 0.3) is 0 Å². The van der Waals surface area contributed by atoms with Gasteiger partial charge in [-0.25, -0.2) is 4.79 Å². The third-order valence-corrected chi connectivity index (χ3v) is 2.50. The highest BCUT2D eigenvalue weighted by atomic mass is 16.4. The van der Waals surface area contributed by atoms with Gasteiger partial charge in [-0.05, 0) is 20.3 Å². The van der Waals surface area contributed by atoms with E-state index < -0.39 is 18.1 Å². The number of hydrogen-bond donors (Lipinski definition) is 2. The minimum atomic E-state index is -0.995. The zero-order valence-corrected chi connectivity index (χ0v) is 10.3. The second kappa shape index (κ2) is 7.22. The van der Waals surface area contributed by atoms with Crippen LogP contribution in [-0.4, -0.2) is 40.5 Å². The van der Waals surface area contributed by atoms with Crippen molar-refractivity contribution in [2.24, 2.45) is 5.73 Å². The van der Waals surface area contributed by atoms with Crippen molar-refractivity contribution in [3.63, 3.8) is 0 Å². The highest BCUT2D eigenvalue weighted by Crippen LogP contribution is 2.06. The van der Waals surface area contributed by atoms with Crippen LogP contribution in [0.4, 0.5) is 0 Å². The van der Waals surface area contributed by atoms with Gasteiger partial charge < -0.3 is 15.7 Å². The van der Waals surface area contributed by atoms with Crippen molar-refractivity contribution in [1.82, 2.24) is 4.90 Å². The molecular weight excluding hydrogens is 208 g/mol. The third-order valence-electron chi connectivity index (χ3n) is 2.50. The summed E-state index contributed by atoms with van der Waals surface area (Å²) < 4.78 is 0. The lowest BCUT2D eigenvalue weighted by Crippen LogP contribution is -2.49. The summed E-state index contributed by atoms with van der Waals surface area (Å²) in [4.78, 5) is 23.9. The summed E-state index contributed by atoms with van der Waals surface area (Å²) in [5, 5.41) is 8.90. The fourth-order valence-corrected chi connectivity index (χ4v) is 1.42. The van der Waals surface area contributed by atoms with E-state index in [2.05, 4.69) is 6.92 Å². The molecule has 16 heavy (non-hydrogen) atoms. The van der Waals surface area contributed by atoms with Gasteiger partial charge in [-0.1, -0.05) is 19.8 Å². The van der Waals surface area contributed by atoms with E-state index in [1.165, 1.54) is 11.8 Å². The summed E-state index contributed by atoms with van der Waals surface area (Å²) in [7, 11) is 0. The minimum Gasteiger partial charge on any atom is -0.480 e. The second-order valence-electron chi connectivity index (χ2n) is 4.04. The van der Waals surface area contributed by atoms with Gasteiger partial charge >= 0.3 is 5.97 Å². The van der Waals surface area contributed by atoms with Crippen molar-refractivity contribution >= 4 is 11.9 Å². The maximum absolute atomic E-state index is 11.7. The van der Waals surface area contributed by atoms with Crippen LogP contribution < -0.4 is 5.73 Å². The molecule has 0 heterocycles. The molecule has 0 saturated carbocycles. The van der Waals surface area contributed by atoms with Gasteiger partial charge in [0, 0.05) is 6.54 Å². The van der Waals surface area contributed by atoms with Crippen molar-refractivity contribution < 1.29 is 14.7 Å². The SMILES string of the molecule is CCCCCN(C(=O)[C@H](C)N)[C@@H](C)C(=O)O. The predicted molar refractivity (Wildman–Crippen MR) is 62.0 cm³/mol. The quantitative estimate of drug-likeness (QED) is 0.634. The average molecular weight is 230 g/mol. The Morgan fingerprint density at radius 2 is 1.88 bits per heavy atom. The van der Waals surface area contributed by atoms with Crippen LogP contribution in [0, 0.1) is 0 Å². The molecule has 0 radical (unpaired) electrons. The number of rotatable bonds is 7. The molecule has 5 heteroatoms. The third kappa shape index (κ3) is 4.61. The molecule has 0 aromatic carbocycles. The monoisotopic (exact) mass is 230 g/mol.